The fourth-order valence-electron chi connectivity index (χ4n) is 3.69. The fraction of sp³-hybridized carbons (Fsp3) is 0.269. The lowest BCUT2D eigenvalue weighted by Gasteiger charge is -2.17. The average Bonchev–Trinajstić information content (AvgIpc) is 3.42. The highest BCUT2D eigenvalue weighted by Crippen LogP contribution is 2.28. The van der Waals surface area contributed by atoms with E-state index in [4.69, 9.17) is 4.74 Å². The highest BCUT2D eigenvalue weighted by molar-refractivity contribution is 7.19. The number of nitrogens with one attached hydrogen (secondary N) is 1. The SMILES string of the molecule is CCN(CC)CCOC(=O)c1ccc(NC(=O)c2sc3nc(-c4ccc(F)cc4)cn3c2C)cc1. The number of carbonyl (C=O) groups excluding carboxylic acids is 2. The van der Waals surface area contributed by atoms with Crippen LogP contribution in [0.25, 0.3) is 16.2 Å². The molecule has 0 spiro atoms. The number of amides is 1. The Morgan fingerprint density at radius 2 is 1.77 bits per heavy atom. The van der Waals surface area contributed by atoms with Gasteiger partial charge in [-0.3, -0.25) is 9.20 Å². The molecule has 0 fully saturated rings. The van der Waals surface area contributed by atoms with Crippen molar-refractivity contribution in [2.24, 2.45) is 0 Å². The zero-order valence-corrected chi connectivity index (χ0v) is 20.7. The topological polar surface area (TPSA) is 75.9 Å². The van der Waals surface area contributed by atoms with E-state index < -0.39 is 0 Å². The number of hydrogen-bond acceptors (Lipinski definition) is 6. The van der Waals surface area contributed by atoms with Gasteiger partial charge >= 0.3 is 5.97 Å². The van der Waals surface area contributed by atoms with Gasteiger partial charge in [0.15, 0.2) is 4.96 Å². The molecule has 0 saturated carbocycles. The molecule has 0 aliphatic carbocycles. The summed E-state index contributed by atoms with van der Waals surface area (Å²) in [5.74, 6) is -0.941. The Balaban J connectivity index is 1.39. The van der Waals surface area contributed by atoms with Crippen LogP contribution in [0.4, 0.5) is 10.1 Å². The number of likely N-dealkylation sites (N-methyl/N-ethyl adjacent to an activating group) is 1. The normalized spacial score (nSPS) is 11.2. The van der Waals surface area contributed by atoms with Crippen molar-refractivity contribution in [1.82, 2.24) is 14.3 Å². The summed E-state index contributed by atoms with van der Waals surface area (Å²) in [6.07, 6.45) is 1.84. The van der Waals surface area contributed by atoms with E-state index in [-0.39, 0.29) is 17.7 Å². The van der Waals surface area contributed by atoms with Crippen molar-refractivity contribution in [3.8, 4) is 11.3 Å². The Bertz CT molecular complexity index is 1330. The Labute approximate surface area is 207 Å². The summed E-state index contributed by atoms with van der Waals surface area (Å²) in [4.78, 5) is 33.1. The number of benzene rings is 2. The highest BCUT2D eigenvalue weighted by atomic mass is 32.1. The van der Waals surface area contributed by atoms with Gasteiger partial charge in [-0.15, -0.1) is 0 Å². The second kappa shape index (κ2) is 10.8. The molecule has 0 unspecified atom stereocenters. The van der Waals surface area contributed by atoms with Gasteiger partial charge in [-0.1, -0.05) is 25.2 Å². The molecule has 1 amide bonds. The second-order valence-corrected chi connectivity index (χ2v) is 8.97. The molecule has 2 aromatic carbocycles. The van der Waals surface area contributed by atoms with Gasteiger partial charge in [0, 0.05) is 29.7 Å². The van der Waals surface area contributed by atoms with Crippen molar-refractivity contribution < 1.29 is 18.7 Å². The summed E-state index contributed by atoms with van der Waals surface area (Å²) >= 11 is 1.28. The maximum absolute atomic E-state index is 13.2. The van der Waals surface area contributed by atoms with Gasteiger partial charge in [0.1, 0.15) is 17.3 Å². The molecule has 0 atom stereocenters. The van der Waals surface area contributed by atoms with Crippen LogP contribution in [0.15, 0.2) is 54.7 Å². The van der Waals surface area contributed by atoms with Crippen LogP contribution in [-0.4, -0.2) is 52.4 Å². The number of imidazole rings is 1. The molecule has 0 saturated heterocycles. The van der Waals surface area contributed by atoms with E-state index in [1.807, 2.05) is 17.5 Å². The van der Waals surface area contributed by atoms with E-state index in [2.05, 4.69) is 29.0 Å². The van der Waals surface area contributed by atoms with E-state index in [1.54, 1.807) is 36.4 Å². The molecule has 7 nitrogen and oxygen atoms in total. The number of nitrogens with zero attached hydrogens (tertiary/aromatic N) is 3. The van der Waals surface area contributed by atoms with Crippen LogP contribution < -0.4 is 5.32 Å². The third-order valence-corrected chi connectivity index (χ3v) is 6.97. The first-order chi connectivity index (χ1) is 16.9. The molecule has 35 heavy (non-hydrogen) atoms. The monoisotopic (exact) mass is 494 g/mol. The summed E-state index contributed by atoms with van der Waals surface area (Å²) in [6, 6.07) is 12.8. The summed E-state index contributed by atoms with van der Waals surface area (Å²) < 4.78 is 20.4. The van der Waals surface area contributed by atoms with Crippen molar-refractivity contribution in [3.05, 3.63) is 76.7 Å². The van der Waals surface area contributed by atoms with Crippen molar-refractivity contribution in [2.75, 3.05) is 31.6 Å². The average molecular weight is 495 g/mol. The minimum Gasteiger partial charge on any atom is -0.461 e. The maximum Gasteiger partial charge on any atom is 0.338 e. The van der Waals surface area contributed by atoms with E-state index in [9.17, 15) is 14.0 Å². The van der Waals surface area contributed by atoms with Gasteiger partial charge in [0.25, 0.3) is 5.91 Å². The predicted octanol–water partition coefficient (Wildman–Crippen LogP) is 5.26. The van der Waals surface area contributed by atoms with Gasteiger partial charge in [-0.05, 0) is 68.5 Å². The second-order valence-electron chi connectivity index (χ2n) is 8.00. The van der Waals surface area contributed by atoms with Crippen LogP contribution in [-0.2, 0) is 4.74 Å². The Kier molecular flexibility index (Phi) is 7.57. The van der Waals surface area contributed by atoms with Gasteiger partial charge in [0.05, 0.1) is 11.3 Å². The van der Waals surface area contributed by atoms with Crippen LogP contribution in [0.5, 0.6) is 0 Å². The zero-order valence-electron chi connectivity index (χ0n) is 19.9. The fourth-order valence-corrected chi connectivity index (χ4v) is 4.69. The van der Waals surface area contributed by atoms with Gasteiger partial charge in [-0.25, -0.2) is 14.2 Å². The molecule has 0 aliphatic heterocycles. The minimum atomic E-state index is -0.387. The third kappa shape index (κ3) is 5.58. The number of anilines is 1. The smallest absolute Gasteiger partial charge is 0.338 e. The standard InChI is InChI=1S/C26H27FN4O3S/c1-4-30(5-2)14-15-34-25(33)19-8-12-21(13-9-19)28-24(32)23-17(3)31-16-22(29-26(31)35-23)18-6-10-20(27)11-7-18/h6-13,16H,4-5,14-15H2,1-3H3,(H,28,32). The summed E-state index contributed by atoms with van der Waals surface area (Å²) in [5, 5.41) is 2.87. The number of hydrogen-bond donors (Lipinski definition) is 1. The zero-order chi connectivity index (χ0) is 24.9. The summed E-state index contributed by atoms with van der Waals surface area (Å²) in [5.41, 5.74) is 3.29. The van der Waals surface area contributed by atoms with Crippen molar-refractivity contribution in [2.45, 2.75) is 20.8 Å². The Morgan fingerprint density at radius 3 is 2.40 bits per heavy atom. The van der Waals surface area contributed by atoms with Gasteiger partial charge in [0.2, 0.25) is 0 Å². The van der Waals surface area contributed by atoms with E-state index in [1.165, 1.54) is 23.5 Å². The summed E-state index contributed by atoms with van der Waals surface area (Å²) in [6.45, 7) is 8.84. The molecule has 4 rings (SSSR count). The molecule has 0 bridgehead atoms. The molecule has 182 valence electrons. The number of aromatic nitrogens is 2. The van der Waals surface area contributed by atoms with E-state index in [0.29, 0.717) is 39.9 Å². The van der Waals surface area contributed by atoms with Crippen LogP contribution in [0.2, 0.25) is 0 Å². The molecule has 2 heterocycles. The Hall–Kier alpha value is -3.56. The number of thiazole rings is 1. The number of aryl methyl sites for hydroxylation is 1. The Morgan fingerprint density at radius 1 is 1.09 bits per heavy atom. The van der Waals surface area contributed by atoms with Crippen LogP contribution >= 0.6 is 11.3 Å². The van der Waals surface area contributed by atoms with Gasteiger partial charge in [-0.2, -0.15) is 0 Å². The number of halogens is 1. The summed E-state index contributed by atoms with van der Waals surface area (Å²) in [7, 11) is 0. The number of rotatable bonds is 9. The molecule has 0 radical (unpaired) electrons. The quantitative estimate of drug-likeness (QED) is 0.321. The molecule has 2 aromatic heterocycles. The van der Waals surface area contributed by atoms with Crippen LogP contribution in [0.1, 0.15) is 39.6 Å². The van der Waals surface area contributed by atoms with Crippen molar-refractivity contribution in [1.29, 1.82) is 0 Å². The van der Waals surface area contributed by atoms with Crippen molar-refractivity contribution >= 4 is 33.9 Å². The maximum atomic E-state index is 13.2. The lowest BCUT2D eigenvalue weighted by Crippen LogP contribution is -2.27. The number of ether oxygens (including phenoxy) is 1. The van der Waals surface area contributed by atoms with Crippen LogP contribution in [0, 0.1) is 12.7 Å². The molecule has 9 heteroatoms. The largest absolute Gasteiger partial charge is 0.461 e. The minimum absolute atomic E-state index is 0.254. The lowest BCUT2D eigenvalue weighted by atomic mass is 10.2. The number of esters is 1. The molecular weight excluding hydrogens is 467 g/mol. The predicted molar refractivity (Wildman–Crippen MR) is 136 cm³/mol. The first-order valence-corrected chi connectivity index (χ1v) is 12.3. The van der Waals surface area contributed by atoms with Gasteiger partial charge < -0.3 is 15.0 Å². The number of carbonyl (C=O) groups is 2. The lowest BCUT2D eigenvalue weighted by molar-refractivity contribution is 0.0466. The van der Waals surface area contributed by atoms with Crippen molar-refractivity contribution in [3.63, 3.8) is 0 Å². The molecular formula is C26H27FN4O3S. The van der Waals surface area contributed by atoms with Crippen LogP contribution in [0.3, 0.4) is 0 Å². The first-order valence-electron chi connectivity index (χ1n) is 11.4. The van der Waals surface area contributed by atoms with E-state index >= 15 is 0 Å². The third-order valence-electron chi connectivity index (χ3n) is 5.82. The molecule has 1 N–H and O–H groups in total. The van der Waals surface area contributed by atoms with E-state index in [0.717, 1.165) is 24.3 Å². The number of fused-ring (bicyclic) bond motifs is 1. The molecule has 4 aromatic rings. The first kappa shape index (κ1) is 24.6. The highest BCUT2D eigenvalue weighted by Gasteiger charge is 2.19. The molecule has 0 aliphatic rings.